The molecule has 0 aliphatic carbocycles. The largest absolute Gasteiger partial charge is 0.315 e. The molecule has 2 aromatic rings. The molecule has 9 heteroatoms. The molecule has 0 unspecified atom stereocenters. The van der Waals surface area contributed by atoms with Crippen molar-refractivity contribution in [3.8, 4) is 0 Å². The Hall–Kier alpha value is -1.51. The number of rotatable bonds is 3. The van der Waals surface area contributed by atoms with Gasteiger partial charge in [0, 0.05) is 25.2 Å². The van der Waals surface area contributed by atoms with E-state index in [9.17, 15) is 8.42 Å². The smallest absolute Gasteiger partial charge is 0.260 e. The molecule has 3 rings (SSSR count). The zero-order valence-electron chi connectivity index (χ0n) is 10.5. The highest BCUT2D eigenvalue weighted by molar-refractivity contribution is 7.89. The summed E-state index contributed by atoms with van der Waals surface area (Å²) in [6.45, 7) is 1.13. The van der Waals surface area contributed by atoms with Crippen LogP contribution in [0.15, 0.2) is 29.7 Å². The van der Waals surface area contributed by atoms with Crippen molar-refractivity contribution in [3.63, 3.8) is 0 Å². The van der Waals surface area contributed by atoms with E-state index in [1.54, 1.807) is 12.4 Å². The monoisotopic (exact) mass is 313 g/mol. The first kappa shape index (κ1) is 13.5. The summed E-state index contributed by atoms with van der Waals surface area (Å²) in [6, 6.07) is 3.14. The molecule has 0 bridgehead atoms. The second kappa shape index (κ2) is 5.12. The van der Waals surface area contributed by atoms with Crippen molar-refractivity contribution in [1.29, 1.82) is 0 Å². The van der Waals surface area contributed by atoms with Crippen LogP contribution in [0.1, 0.15) is 11.4 Å². The number of halogens is 1. The van der Waals surface area contributed by atoms with Crippen molar-refractivity contribution < 1.29 is 8.42 Å². The Morgan fingerprint density at radius 1 is 1.30 bits per heavy atom. The molecule has 20 heavy (non-hydrogen) atoms. The molecule has 0 saturated carbocycles. The molecule has 7 nitrogen and oxygen atoms in total. The van der Waals surface area contributed by atoms with Crippen LogP contribution in [-0.4, -0.2) is 39.0 Å². The molecule has 0 fully saturated rings. The van der Waals surface area contributed by atoms with E-state index in [2.05, 4.69) is 15.2 Å². The van der Waals surface area contributed by atoms with Crippen LogP contribution in [0.4, 0.5) is 0 Å². The lowest BCUT2D eigenvalue weighted by atomic mass is 10.3. The highest BCUT2D eigenvalue weighted by Crippen LogP contribution is 2.19. The summed E-state index contributed by atoms with van der Waals surface area (Å²) < 4.78 is 28.2. The predicted molar refractivity (Wildman–Crippen MR) is 71.4 cm³/mol. The standard InChI is InChI=1S/C11H12ClN5O2S/c12-5-9-1-2-11(13-6-9)20(18,19)17-4-3-16-8-14-15-10(16)7-17/h1-2,6,8H,3-5,7H2. The normalized spacial score (nSPS) is 16.1. The molecule has 2 aromatic heterocycles. The van der Waals surface area contributed by atoms with Crippen LogP contribution in [0.2, 0.25) is 0 Å². The number of alkyl halides is 1. The molecule has 106 valence electrons. The van der Waals surface area contributed by atoms with Crippen LogP contribution in [0.3, 0.4) is 0 Å². The van der Waals surface area contributed by atoms with Gasteiger partial charge in [0.15, 0.2) is 5.03 Å². The van der Waals surface area contributed by atoms with E-state index < -0.39 is 10.0 Å². The van der Waals surface area contributed by atoms with Crippen LogP contribution >= 0.6 is 11.6 Å². The molecule has 1 aliphatic rings. The molecule has 1 aliphatic heterocycles. The molecule has 0 atom stereocenters. The van der Waals surface area contributed by atoms with E-state index in [1.165, 1.54) is 16.6 Å². The second-order valence-corrected chi connectivity index (χ2v) is 6.57. The van der Waals surface area contributed by atoms with Crippen LogP contribution in [0.25, 0.3) is 0 Å². The Morgan fingerprint density at radius 3 is 2.85 bits per heavy atom. The number of sulfonamides is 1. The van der Waals surface area contributed by atoms with Crippen molar-refractivity contribution in [2.75, 3.05) is 6.54 Å². The first-order valence-corrected chi connectivity index (χ1v) is 7.96. The van der Waals surface area contributed by atoms with E-state index in [4.69, 9.17) is 11.6 Å². The van der Waals surface area contributed by atoms with Crippen molar-refractivity contribution >= 4 is 21.6 Å². The SMILES string of the molecule is O=S(=O)(c1ccc(CCl)cn1)N1CCn2cnnc2C1. The van der Waals surface area contributed by atoms with Gasteiger partial charge in [0.25, 0.3) is 10.0 Å². The van der Waals surface area contributed by atoms with Crippen LogP contribution in [0.5, 0.6) is 0 Å². The van der Waals surface area contributed by atoms with Crippen molar-refractivity contribution in [2.45, 2.75) is 24.0 Å². The molecular weight excluding hydrogens is 302 g/mol. The maximum absolute atomic E-state index is 12.5. The summed E-state index contributed by atoms with van der Waals surface area (Å²) in [5, 5.41) is 7.71. The lowest BCUT2D eigenvalue weighted by Gasteiger charge is -2.25. The summed E-state index contributed by atoms with van der Waals surface area (Å²) >= 11 is 5.67. The van der Waals surface area contributed by atoms with Gasteiger partial charge in [0.05, 0.1) is 6.54 Å². The topological polar surface area (TPSA) is 81.0 Å². The van der Waals surface area contributed by atoms with Gasteiger partial charge in [-0.1, -0.05) is 6.07 Å². The van der Waals surface area contributed by atoms with E-state index >= 15 is 0 Å². The molecule has 0 amide bonds. The van der Waals surface area contributed by atoms with Gasteiger partial charge in [-0.3, -0.25) is 0 Å². The third-order valence-corrected chi connectivity index (χ3v) is 5.23. The summed E-state index contributed by atoms with van der Waals surface area (Å²) in [5.74, 6) is 0.942. The van der Waals surface area contributed by atoms with Crippen molar-refractivity contribution in [3.05, 3.63) is 36.0 Å². The average molecular weight is 314 g/mol. The van der Waals surface area contributed by atoms with Crippen LogP contribution < -0.4 is 0 Å². The summed E-state index contributed by atoms with van der Waals surface area (Å²) in [7, 11) is -3.61. The third-order valence-electron chi connectivity index (χ3n) is 3.16. The van der Waals surface area contributed by atoms with Gasteiger partial charge in [-0.15, -0.1) is 21.8 Å². The van der Waals surface area contributed by atoms with Gasteiger partial charge in [0.2, 0.25) is 0 Å². The zero-order valence-corrected chi connectivity index (χ0v) is 12.0. The molecular formula is C11H12ClN5O2S. The Labute approximate surface area is 121 Å². The minimum atomic E-state index is -3.61. The fourth-order valence-corrected chi connectivity index (χ4v) is 3.48. The minimum absolute atomic E-state index is 0.0272. The summed E-state index contributed by atoms with van der Waals surface area (Å²) in [5.41, 5.74) is 0.781. The zero-order chi connectivity index (χ0) is 14.2. The first-order chi connectivity index (χ1) is 9.61. The Balaban J connectivity index is 1.88. The van der Waals surface area contributed by atoms with Crippen molar-refractivity contribution in [1.82, 2.24) is 24.1 Å². The number of hydrogen-bond acceptors (Lipinski definition) is 5. The lowest BCUT2D eigenvalue weighted by molar-refractivity contribution is 0.334. The maximum Gasteiger partial charge on any atom is 0.260 e. The molecule has 3 heterocycles. The maximum atomic E-state index is 12.5. The average Bonchev–Trinajstić information content (AvgIpc) is 2.94. The van der Waals surface area contributed by atoms with E-state index in [-0.39, 0.29) is 11.6 Å². The van der Waals surface area contributed by atoms with Gasteiger partial charge in [-0.2, -0.15) is 4.31 Å². The van der Waals surface area contributed by atoms with Gasteiger partial charge in [-0.25, -0.2) is 13.4 Å². The molecule has 0 N–H and O–H groups in total. The van der Waals surface area contributed by atoms with Gasteiger partial charge < -0.3 is 4.57 Å². The van der Waals surface area contributed by atoms with E-state index in [0.717, 1.165) is 5.56 Å². The number of fused-ring (bicyclic) bond motifs is 1. The molecule has 0 saturated heterocycles. The van der Waals surface area contributed by atoms with Gasteiger partial charge in [0.1, 0.15) is 12.2 Å². The highest BCUT2D eigenvalue weighted by Gasteiger charge is 2.30. The van der Waals surface area contributed by atoms with Crippen molar-refractivity contribution in [2.24, 2.45) is 0 Å². The van der Waals surface area contributed by atoms with Gasteiger partial charge in [-0.05, 0) is 11.6 Å². The number of hydrogen-bond donors (Lipinski definition) is 0. The Kier molecular flexibility index (Phi) is 3.45. The van der Waals surface area contributed by atoms with E-state index in [0.29, 0.717) is 24.8 Å². The number of nitrogens with zero attached hydrogens (tertiary/aromatic N) is 5. The van der Waals surface area contributed by atoms with Crippen LogP contribution in [-0.2, 0) is 29.0 Å². The summed E-state index contributed by atoms with van der Waals surface area (Å²) in [6.07, 6.45) is 3.08. The minimum Gasteiger partial charge on any atom is -0.315 e. The first-order valence-electron chi connectivity index (χ1n) is 5.99. The van der Waals surface area contributed by atoms with E-state index in [1.807, 2.05) is 4.57 Å². The fraction of sp³-hybridized carbons (Fsp3) is 0.364. The quantitative estimate of drug-likeness (QED) is 0.776. The molecule has 0 radical (unpaired) electrons. The predicted octanol–water partition coefficient (Wildman–Crippen LogP) is 0.616. The molecule has 0 spiro atoms. The molecule has 0 aromatic carbocycles. The van der Waals surface area contributed by atoms with Gasteiger partial charge >= 0.3 is 0 Å². The number of aromatic nitrogens is 4. The summed E-state index contributed by atoms with van der Waals surface area (Å²) in [4.78, 5) is 3.98. The third kappa shape index (κ3) is 2.30. The highest BCUT2D eigenvalue weighted by atomic mass is 35.5. The fourth-order valence-electron chi connectivity index (χ4n) is 2.02. The Morgan fingerprint density at radius 2 is 2.15 bits per heavy atom. The van der Waals surface area contributed by atoms with Crippen LogP contribution in [0, 0.1) is 0 Å². The number of pyridine rings is 1. The Bertz CT molecular complexity index is 713. The second-order valence-electron chi connectivity index (χ2n) is 4.42. The lowest BCUT2D eigenvalue weighted by Crippen LogP contribution is -2.38.